The van der Waals surface area contributed by atoms with Gasteiger partial charge in [0.2, 0.25) is 0 Å². The Morgan fingerprint density at radius 1 is 1.15 bits per heavy atom. The van der Waals surface area contributed by atoms with Gasteiger partial charge in [-0.1, -0.05) is 24.9 Å². The fraction of sp³-hybridized carbons (Fsp3) is 0.200. The molecule has 5 nitrogen and oxygen atoms in total. The van der Waals surface area contributed by atoms with Crippen LogP contribution in [0.1, 0.15) is 30.1 Å². The number of unbranched alkanes of at least 4 members (excludes halogenated alkanes) is 1. The van der Waals surface area contributed by atoms with Crippen LogP contribution in [0.15, 0.2) is 57.7 Å². The van der Waals surface area contributed by atoms with E-state index in [0.29, 0.717) is 33.9 Å². The van der Waals surface area contributed by atoms with Crippen molar-refractivity contribution >= 4 is 34.2 Å². The van der Waals surface area contributed by atoms with E-state index in [2.05, 4.69) is 12.2 Å². The molecule has 0 atom stereocenters. The maximum Gasteiger partial charge on any atom is 0.360 e. The van der Waals surface area contributed by atoms with Crippen molar-refractivity contribution in [1.29, 1.82) is 0 Å². The van der Waals surface area contributed by atoms with Crippen molar-refractivity contribution in [3.05, 3.63) is 69.5 Å². The fourth-order valence-corrected chi connectivity index (χ4v) is 2.59. The number of fused-ring (bicyclic) bond motifs is 1. The molecule has 0 radical (unpaired) electrons. The van der Waals surface area contributed by atoms with Crippen LogP contribution < -0.4 is 15.7 Å². The highest BCUT2D eigenvalue weighted by Gasteiger charge is 2.11. The van der Waals surface area contributed by atoms with Crippen LogP contribution in [0, 0.1) is 0 Å². The number of hydrogen-bond acceptors (Lipinski definition) is 4. The number of halogens is 1. The second kappa shape index (κ2) is 8.06. The Kier molecular flexibility index (Phi) is 5.58. The van der Waals surface area contributed by atoms with E-state index in [9.17, 15) is 9.59 Å². The van der Waals surface area contributed by atoms with Crippen molar-refractivity contribution in [3.63, 3.8) is 0 Å². The predicted octanol–water partition coefficient (Wildman–Crippen LogP) is 4.88. The van der Waals surface area contributed by atoms with Gasteiger partial charge in [0.25, 0.3) is 5.91 Å². The average Bonchev–Trinajstić information content (AvgIpc) is 2.63. The first-order chi connectivity index (χ1) is 12.6. The van der Waals surface area contributed by atoms with Gasteiger partial charge in [0.05, 0.1) is 6.61 Å². The molecule has 3 rings (SSSR count). The average molecular weight is 372 g/mol. The van der Waals surface area contributed by atoms with Crippen LogP contribution in [0.25, 0.3) is 11.0 Å². The number of benzene rings is 2. The summed E-state index contributed by atoms with van der Waals surface area (Å²) in [6.45, 7) is 2.73. The Bertz CT molecular complexity index is 979. The molecule has 0 aliphatic carbocycles. The van der Waals surface area contributed by atoms with Gasteiger partial charge in [-0.3, -0.25) is 4.79 Å². The van der Waals surface area contributed by atoms with Gasteiger partial charge in [0.1, 0.15) is 17.0 Å². The molecule has 0 saturated heterocycles. The largest absolute Gasteiger partial charge is 0.494 e. The molecule has 6 heteroatoms. The number of rotatable bonds is 6. The van der Waals surface area contributed by atoms with Crippen LogP contribution >= 0.6 is 11.6 Å². The number of anilines is 1. The van der Waals surface area contributed by atoms with Gasteiger partial charge in [-0.2, -0.15) is 0 Å². The molecule has 0 fully saturated rings. The molecule has 2 aromatic carbocycles. The number of nitrogens with one attached hydrogen (secondary N) is 1. The molecule has 0 aliphatic rings. The maximum absolute atomic E-state index is 12.4. The van der Waals surface area contributed by atoms with Crippen LogP contribution in [-0.4, -0.2) is 12.5 Å². The molecule has 3 aromatic rings. The van der Waals surface area contributed by atoms with Gasteiger partial charge in [0, 0.05) is 16.0 Å². The first-order valence-corrected chi connectivity index (χ1v) is 8.72. The molecule has 0 bridgehead atoms. The van der Waals surface area contributed by atoms with Gasteiger partial charge in [-0.25, -0.2) is 4.79 Å². The summed E-state index contributed by atoms with van der Waals surface area (Å²) in [6, 6.07) is 13.2. The lowest BCUT2D eigenvalue weighted by Gasteiger charge is -2.07. The van der Waals surface area contributed by atoms with Crippen LogP contribution in [0.2, 0.25) is 5.02 Å². The van der Waals surface area contributed by atoms with Crippen molar-refractivity contribution in [2.45, 2.75) is 19.8 Å². The van der Waals surface area contributed by atoms with E-state index in [0.717, 1.165) is 12.8 Å². The highest BCUT2D eigenvalue weighted by atomic mass is 35.5. The Morgan fingerprint density at radius 2 is 1.92 bits per heavy atom. The Labute approximate surface area is 155 Å². The second-order valence-corrected chi connectivity index (χ2v) is 6.25. The lowest BCUT2D eigenvalue weighted by Crippen LogP contribution is -2.17. The van der Waals surface area contributed by atoms with E-state index in [1.807, 2.05) is 0 Å². The normalized spacial score (nSPS) is 10.7. The van der Waals surface area contributed by atoms with Crippen LogP contribution in [0.3, 0.4) is 0 Å². The lowest BCUT2D eigenvalue weighted by atomic mass is 10.2. The van der Waals surface area contributed by atoms with E-state index in [1.54, 1.807) is 48.5 Å². The summed E-state index contributed by atoms with van der Waals surface area (Å²) in [5.41, 5.74) is 0.269. The van der Waals surface area contributed by atoms with E-state index < -0.39 is 11.5 Å². The lowest BCUT2D eigenvalue weighted by molar-refractivity contribution is 0.102. The van der Waals surface area contributed by atoms with Crippen molar-refractivity contribution < 1.29 is 13.9 Å². The summed E-state index contributed by atoms with van der Waals surface area (Å²) in [4.78, 5) is 24.4. The minimum Gasteiger partial charge on any atom is -0.494 e. The monoisotopic (exact) mass is 371 g/mol. The second-order valence-electron chi connectivity index (χ2n) is 5.81. The minimum atomic E-state index is -0.618. The predicted molar refractivity (Wildman–Crippen MR) is 102 cm³/mol. The number of carbonyl (C=O) groups excluding carboxylic acids is 1. The topological polar surface area (TPSA) is 68.5 Å². The fourth-order valence-electron chi connectivity index (χ4n) is 2.41. The van der Waals surface area contributed by atoms with Gasteiger partial charge in [-0.15, -0.1) is 0 Å². The first-order valence-electron chi connectivity index (χ1n) is 8.34. The molecule has 1 N–H and O–H groups in total. The van der Waals surface area contributed by atoms with E-state index in [-0.39, 0.29) is 5.69 Å². The molecule has 1 heterocycles. The zero-order chi connectivity index (χ0) is 18.5. The highest BCUT2D eigenvalue weighted by Crippen LogP contribution is 2.21. The third kappa shape index (κ3) is 4.24. The number of hydrogen-bond donors (Lipinski definition) is 1. The molecule has 0 unspecified atom stereocenters. The molecule has 134 valence electrons. The van der Waals surface area contributed by atoms with Crippen molar-refractivity contribution in [1.82, 2.24) is 0 Å². The van der Waals surface area contributed by atoms with E-state index in [4.69, 9.17) is 20.8 Å². The summed E-state index contributed by atoms with van der Waals surface area (Å²) < 4.78 is 10.8. The Hall–Kier alpha value is -2.79. The van der Waals surface area contributed by atoms with Crippen LogP contribution in [0.5, 0.6) is 5.75 Å². The summed E-state index contributed by atoms with van der Waals surface area (Å²) in [6.07, 6.45) is 2.03. The molecule has 0 spiro atoms. The van der Waals surface area contributed by atoms with Gasteiger partial charge in [0.15, 0.2) is 0 Å². The SMILES string of the molecule is CCCCOc1ccc(C(=O)Nc2cc3cc(Cl)ccc3oc2=O)cc1. The zero-order valence-electron chi connectivity index (χ0n) is 14.3. The molecule has 1 amide bonds. The van der Waals surface area contributed by atoms with Gasteiger partial charge < -0.3 is 14.5 Å². The highest BCUT2D eigenvalue weighted by molar-refractivity contribution is 6.31. The Balaban J connectivity index is 1.76. The number of carbonyl (C=O) groups is 1. The van der Waals surface area contributed by atoms with E-state index in [1.165, 1.54) is 0 Å². The number of amides is 1. The first kappa shape index (κ1) is 18.0. The van der Waals surface area contributed by atoms with Crippen molar-refractivity contribution in [2.75, 3.05) is 11.9 Å². The van der Waals surface area contributed by atoms with Crippen LogP contribution in [0.4, 0.5) is 5.69 Å². The number of ether oxygens (including phenoxy) is 1. The molecule has 0 aliphatic heterocycles. The molecular weight excluding hydrogens is 354 g/mol. The van der Waals surface area contributed by atoms with Gasteiger partial charge in [-0.05, 0) is 55.0 Å². The minimum absolute atomic E-state index is 0.0630. The Morgan fingerprint density at radius 3 is 2.65 bits per heavy atom. The standard InChI is InChI=1S/C20H18ClNO4/c1-2-3-10-25-16-7-4-13(5-8-16)19(23)22-17-12-14-11-15(21)6-9-18(14)26-20(17)24/h4-9,11-12H,2-3,10H2,1H3,(H,22,23). The summed E-state index contributed by atoms with van der Waals surface area (Å²) >= 11 is 5.95. The molecule has 0 saturated carbocycles. The molecule has 1 aromatic heterocycles. The van der Waals surface area contributed by atoms with Crippen molar-refractivity contribution in [3.8, 4) is 5.75 Å². The zero-order valence-corrected chi connectivity index (χ0v) is 15.0. The summed E-state index contributed by atoms with van der Waals surface area (Å²) in [5, 5.41) is 3.73. The summed E-state index contributed by atoms with van der Waals surface area (Å²) in [5.74, 6) is 0.300. The smallest absolute Gasteiger partial charge is 0.360 e. The van der Waals surface area contributed by atoms with Crippen LogP contribution in [-0.2, 0) is 0 Å². The van der Waals surface area contributed by atoms with Crippen molar-refractivity contribution in [2.24, 2.45) is 0 Å². The third-order valence-corrected chi connectivity index (χ3v) is 4.06. The van der Waals surface area contributed by atoms with Gasteiger partial charge >= 0.3 is 5.63 Å². The molecular formula is C20H18ClNO4. The quantitative estimate of drug-likeness (QED) is 0.495. The molecule has 26 heavy (non-hydrogen) atoms. The van der Waals surface area contributed by atoms with E-state index >= 15 is 0 Å². The maximum atomic E-state index is 12.4. The summed E-state index contributed by atoms with van der Waals surface area (Å²) in [7, 11) is 0. The third-order valence-electron chi connectivity index (χ3n) is 3.83.